The highest BCUT2D eigenvalue weighted by atomic mass is 79.9. The largest absolute Gasteiger partial charge is 0.493 e. The van der Waals surface area contributed by atoms with E-state index in [4.69, 9.17) is 4.74 Å². The standard InChI is InChI=1S/C20H18BrN3O/c1-3-10-25-19-9-8-16(21)12-14(19)11-15(13-22)20-23-17-6-4-5-7-18(17)24(20)2/h4-9,11-12H,3,10H2,1-2H3/b15-11+. The van der Waals surface area contributed by atoms with Gasteiger partial charge in [0.1, 0.15) is 11.8 Å². The number of hydrogen-bond donors (Lipinski definition) is 0. The molecule has 5 heteroatoms. The number of hydrogen-bond acceptors (Lipinski definition) is 3. The van der Waals surface area contributed by atoms with Crippen molar-refractivity contribution in [2.24, 2.45) is 7.05 Å². The molecule has 3 aromatic rings. The van der Waals surface area contributed by atoms with Crippen molar-refractivity contribution in [3.8, 4) is 11.8 Å². The summed E-state index contributed by atoms with van der Waals surface area (Å²) in [5.41, 5.74) is 3.22. The smallest absolute Gasteiger partial charge is 0.151 e. The lowest BCUT2D eigenvalue weighted by Crippen LogP contribution is -1.98. The van der Waals surface area contributed by atoms with E-state index in [1.54, 1.807) is 0 Å². The summed E-state index contributed by atoms with van der Waals surface area (Å²) in [6.07, 6.45) is 2.76. The van der Waals surface area contributed by atoms with E-state index in [1.807, 2.05) is 60.2 Å². The molecule has 0 N–H and O–H groups in total. The first kappa shape index (κ1) is 17.2. The van der Waals surface area contributed by atoms with Crippen LogP contribution in [0.4, 0.5) is 0 Å². The lowest BCUT2D eigenvalue weighted by molar-refractivity contribution is 0.317. The molecule has 0 bridgehead atoms. The summed E-state index contributed by atoms with van der Waals surface area (Å²) < 4.78 is 8.68. The zero-order chi connectivity index (χ0) is 17.8. The minimum Gasteiger partial charge on any atom is -0.493 e. The number of imidazole rings is 1. The molecular formula is C20H18BrN3O. The molecule has 0 spiro atoms. The quantitative estimate of drug-likeness (QED) is 0.558. The van der Waals surface area contributed by atoms with Crippen LogP contribution in [-0.4, -0.2) is 16.2 Å². The Morgan fingerprint density at radius 3 is 2.84 bits per heavy atom. The van der Waals surface area contributed by atoms with Gasteiger partial charge in [0, 0.05) is 17.1 Å². The van der Waals surface area contributed by atoms with Crippen LogP contribution in [0.1, 0.15) is 24.7 Å². The Morgan fingerprint density at radius 1 is 1.32 bits per heavy atom. The summed E-state index contributed by atoms with van der Waals surface area (Å²) in [6.45, 7) is 2.70. The lowest BCUT2D eigenvalue weighted by Gasteiger charge is -2.09. The maximum Gasteiger partial charge on any atom is 0.151 e. The first-order valence-corrected chi connectivity index (χ1v) is 8.89. The van der Waals surface area contributed by atoms with Crippen LogP contribution in [0.2, 0.25) is 0 Å². The fraction of sp³-hybridized carbons (Fsp3) is 0.200. The van der Waals surface area contributed by atoms with Crippen molar-refractivity contribution in [3.63, 3.8) is 0 Å². The summed E-state index contributed by atoms with van der Waals surface area (Å²) >= 11 is 3.49. The molecule has 0 aliphatic carbocycles. The van der Waals surface area contributed by atoms with Crippen molar-refractivity contribution in [2.45, 2.75) is 13.3 Å². The Morgan fingerprint density at radius 2 is 2.12 bits per heavy atom. The molecule has 4 nitrogen and oxygen atoms in total. The Labute approximate surface area is 155 Å². The number of halogens is 1. The third-order valence-electron chi connectivity index (χ3n) is 3.88. The summed E-state index contributed by atoms with van der Waals surface area (Å²) in [4.78, 5) is 4.61. The lowest BCUT2D eigenvalue weighted by atomic mass is 10.1. The number of rotatable bonds is 5. The zero-order valence-corrected chi connectivity index (χ0v) is 15.7. The minimum atomic E-state index is 0.498. The van der Waals surface area contributed by atoms with Gasteiger partial charge in [-0.25, -0.2) is 4.98 Å². The zero-order valence-electron chi connectivity index (χ0n) is 14.2. The molecule has 0 radical (unpaired) electrons. The second-order valence-corrected chi connectivity index (χ2v) is 6.60. The van der Waals surface area contributed by atoms with Crippen molar-refractivity contribution in [1.29, 1.82) is 5.26 Å². The van der Waals surface area contributed by atoms with E-state index < -0.39 is 0 Å². The van der Waals surface area contributed by atoms with E-state index in [2.05, 4.69) is 33.9 Å². The molecule has 0 aliphatic heterocycles. The Balaban J connectivity index is 2.10. The molecule has 0 atom stereocenters. The van der Waals surface area contributed by atoms with E-state index in [0.717, 1.165) is 33.2 Å². The highest BCUT2D eigenvalue weighted by molar-refractivity contribution is 9.10. The number of fused-ring (bicyclic) bond motifs is 1. The van der Waals surface area contributed by atoms with Crippen LogP contribution >= 0.6 is 15.9 Å². The molecule has 0 unspecified atom stereocenters. The van der Waals surface area contributed by atoms with E-state index in [9.17, 15) is 5.26 Å². The molecule has 0 saturated carbocycles. The second kappa shape index (κ2) is 7.54. The number of para-hydroxylation sites is 2. The molecule has 1 heterocycles. The molecular weight excluding hydrogens is 378 g/mol. The predicted octanol–water partition coefficient (Wildman–Crippen LogP) is 5.19. The SMILES string of the molecule is CCCOc1ccc(Br)cc1/C=C(\C#N)c1nc2ccccc2n1C. The summed E-state index contributed by atoms with van der Waals surface area (Å²) in [5.74, 6) is 1.40. The third-order valence-corrected chi connectivity index (χ3v) is 4.38. The Bertz CT molecular complexity index is 982. The number of nitriles is 1. The first-order valence-electron chi connectivity index (χ1n) is 8.10. The van der Waals surface area contributed by atoms with Crippen molar-refractivity contribution < 1.29 is 4.74 Å². The molecule has 0 saturated heterocycles. The van der Waals surface area contributed by atoms with Gasteiger partial charge in [-0.3, -0.25) is 0 Å². The predicted molar refractivity (Wildman–Crippen MR) is 104 cm³/mol. The number of nitrogens with zero attached hydrogens (tertiary/aromatic N) is 3. The van der Waals surface area contributed by atoms with Gasteiger partial charge in [-0.05, 0) is 42.8 Å². The molecule has 0 amide bonds. The second-order valence-electron chi connectivity index (χ2n) is 5.68. The summed E-state index contributed by atoms with van der Waals surface area (Å²) in [5, 5.41) is 9.70. The van der Waals surface area contributed by atoms with Crippen LogP contribution in [0.5, 0.6) is 5.75 Å². The van der Waals surface area contributed by atoms with Crippen LogP contribution in [0.25, 0.3) is 22.7 Å². The highest BCUT2D eigenvalue weighted by Crippen LogP contribution is 2.28. The topological polar surface area (TPSA) is 50.8 Å². The van der Waals surface area contributed by atoms with Gasteiger partial charge in [0.05, 0.1) is 23.2 Å². The Hall–Kier alpha value is -2.58. The number of aromatic nitrogens is 2. The van der Waals surface area contributed by atoms with E-state index in [-0.39, 0.29) is 0 Å². The number of ether oxygens (including phenoxy) is 1. The fourth-order valence-electron chi connectivity index (χ4n) is 2.66. The van der Waals surface area contributed by atoms with E-state index in [1.165, 1.54) is 0 Å². The molecule has 1 aromatic heterocycles. The van der Waals surface area contributed by atoms with Gasteiger partial charge in [-0.1, -0.05) is 35.0 Å². The molecule has 25 heavy (non-hydrogen) atoms. The summed E-state index contributed by atoms with van der Waals surface area (Å²) in [7, 11) is 1.92. The third kappa shape index (κ3) is 3.59. The van der Waals surface area contributed by atoms with Gasteiger partial charge >= 0.3 is 0 Å². The molecule has 2 aromatic carbocycles. The maximum atomic E-state index is 9.70. The van der Waals surface area contributed by atoms with E-state index >= 15 is 0 Å². The van der Waals surface area contributed by atoms with Gasteiger partial charge in [0.15, 0.2) is 5.82 Å². The Kier molecular flexibility index (Phi) is 5.20. The van der Waals surface area contributed by atoms with E-state index in [0.29, 0.717) is 18.0 Å². The number of aryl methyl sites for hydroxylation is 1. The van der Waals surface area contributed by atoms with Crippen molar-refractivity contribution in [2.75, 3.05) is 6.61 Å². The fourth-order valence-corrected chi connectivity index (χ4v) is 3.04. The molecule has 0 aliphatic rings. The first-order chi connectivity index (χ1) is 12.1. The normalized spacial score (nSPS) is 11.5. The van der Waals surface area contributed by atoms with Crippen LogP contribution in [0.15, 0.2) is 46.9 Å². The van der Waals surface area contributed by atoms with Crippen molar-refractivity contribution in [3.05, 3.63) is 58.3 Å². The highest BCUT2D eigenvalue weighted by Gasteiger charge is 2.13. The van der Waals surface area contributed by atoms with Crippen LogP contribution < -0.4 is 4.74 Å². The van der Waals surface area contributed by atoms with Gasteiger partial charge in [-0.2, -0.15) is 5.26 Å². The average molecular weight is 396 g/mol. The van der Waals surface area contributed by atoms with Crippen molar-refractivity contribution >= 4 is 38.6 Å². The minimum absolute atomic E-state index is 0.498. The van der Waals surface area contributed by atoms with Crippen LogP contribution in [-0.2, 0) is 7.05 Å². The van der Waals surface area contributed by atoms with Gasteiger partial charge in [-0.15, -0.1) is 0 Å². The number of allylic oxidation sites excluding steroid dienone is 1. The van der Waals surface area contributed by atoms with Crippen LogP contribution in [0, 0.1) is 11.3 Å². The maximum absolute atomic E-state index is 9.70. The van der Waals surface area contributed by atoms with Crippen LogP contribution in [0.3, 0.4) is 0 Å². The van der Waals surface area contributed by atoms with Crippen molar-refractivity contribution in [1.82, 2.24) is 9.55 Å². The van der Waals surface area contributed by atoms with Gasteiger partial charge in [0.2, 0.25) is 0 Å². The molecule has 3 rings (SSSR count). The van der Waals surface area contributed by atoms with Gasteiger partial charge in [0.25, 0.3) is 0 Å². The molecule has 126 valence electrons. The summed E-state index contributed by atoms with van der Waals surface area (Å²) in [6, 6.07) is 15.9. The van der Waals surface area contributed by atoms with Gasteiger partial charge < -0.3 is 9.30 Å². The molecule has 0 fully saturated rings. The number of benzene rings is 2. The monoisotopic (exact) mass is 395 g/mol. The average Bonchev–Trinajstić information content (AvgIpc) is 2.96.